The summed E-state index contributed by atoms with van der Waals surface area (Å²) in [6.45, 7) is 5.59. The average Bonchev–Trinajstić information content (AvgIpc) is 3.00. The number of hydrogen-bond donors (Lipinski definition) is 0. The molecule has 7 heteroatoms. The van der Waals surface area contributed by atoms with Crippen LogP contribution >= 0.6 is 0 Å². The lowest BCUT2D eigenvalue weighted by atomic mass is 10.1. The number of methoxy groups -OCH3 is 1. The highest BCUT2D eigenvalue weighted by atomic mass is 16.5. The zero-order valence-electron chi connectivity index (χ0n) is 13.2. The molecule has 0 aliphatic heterocycles. The van der Waals surface area contributed by atoms with Gasteiger partial charge in [-0.25, -0.2) is 9.50 Å². The third kappa shape index (κ3) is 2.93. The van der Waals surface area contributed by atoms with Crippen molar-refractivity contribution in [3.05, 3.63) is 29.7 Å². The maximum atomic E-state index is 12.8. The zero-order chi connectivity index (χ0) is 16.3. The standard InChI is InChI=1S/C15H20N4O3/c1-5-10(2)18(9-14(20)22-4)15(21)12-8-16-13-6-7-17-19(13)11(12)3/h6-8,10H,5,9H2,1-4H3. The van der Waals surface area contributed by atoms with Gasteiger partial charge >= 0.3 is 5.97 Å². The van der Waals surface area contributed by atoms with Crippen molar-refractivity contribution in [1.29, 1.82) is 0 Å². The molecule has 1 atom stereocenters. The number of ether oxygens (including phenoxy) is 1. The first-order chi connectivity index (χ1) is 10.5. The van der Waals surface area contributed by atoms with Crippen LogP contribution in [0.25, 0.3) is 5.65 Å². The van der Waals surface area contributed by atoms with E-state index in [9.17, 15) is 9.59 Å². The van der Waals surface area contributed by atoms with E-state index < -0.39 is 5.97 Å². The normalized spacial score (nSPS) is 12.2. The van der Waals surface area contributed by atoms with Gasteiger partial charge in [-0.15, -0.1) is 0 Å². The summed E-state index contributed by atoms with van der Waals surface area (Å²) in [6, 6.07) is 1.68. The number of rotatable bonds is 5. The van der Waals surface area contributed by atoms with E-state index in [0.29, 0.717) is 16.9 Å². The monoisotopic (exact) mass is 304 g/mol. The van der Waals surface area contributed by atoms with E-state index in [1.165, 1.54) is 18.2 Å². The van der Waals surface area contributed by atoms with E-state index in [2.05, 4.69) is 14.8 Å². The fourth-order valence-corrected chi connectivity index (χ4v) is 2.21. The van der Waals surface area contributed by atoms with Gasteiger partial charge in [0.2, 0.25) is 0 Å². The molecule has 0 N–H and O–H groups in total. The van der Waals surface area contributed by atoms with Crippen molar-refractivity contribution in [3.8, 4) is 0 Å². The van der Waals surface area contributed by atoms with Gasteiger partial charge < -0.3 is 9.64 Å². The molecule has 2 aromatic rings. The van der Waals surface area contributed by atoms with Gasteiger partial charge in [0.15, 0.2) is 5.65 Å². The highest BCUT2D eigenvalue weighted by Crippen LogP contribution is 2.15. The van der Waals surface area contributed by atoms with E-state index >= 15 is 0 Å². The van der Waals surface area contributed by atoms with E-state index in [-0.39, 0.29) is 18.5 Å². The van der Waals surface area contributed by atoms with Gasteiger partial charge in [0.1, 0.15) is 6.54 Å². The van der Waals surface area contributed by atoms with Crippen LogP contribution < -0.4 is 0 Å². The highest BCUT2D eigenvalue weighted by Gasteiger charge is 2.25. The molecular weight excluding hydrogens is 284 g/mol. The van der Waals surface area contributed by atoms with Crippen LogP contribution in [0.1, 0.15) is 36.3 Å². The van der Waals surface area contributed by atoms with Gasteiger partial charge in [0, 0.05) is 18.3 Å². The molecule has 0 aromatic carbocycles. The first-order valence-electron chi connectivity index (χ1n) is 7.16. The summed E-state index contributed by atoms with van der Waals surface area (Å²) in [5.74, 6) is -0.693. The van der Waals surface area contributed by atoms with E-state index in [1.54, 1.807) is 16.8 Å². The first kappa shape index (κ1) is 15.9. The minimum Gasteiger partial charge on any atom is -0.468 e. The third-order valence-corrected chi connectivity index (χ3v) is 3.80. The van der Waals surface area contributed by atoms with Gasteiger partial charge in [-0.2, -0.15) is 5.10 Å². The second-order valence-corrected chi connectivity index (χ2v) is 5.12. The smallest absolute Gasteiger partial charge is 0.325 e. The van der Waals surface area contributed by atoms with Crippen molar-refractivity contribution in [3.63, 3.8) is 0 Å². The van der Waals surface area contributed by atoms with E-state index in [0.717, 1.165) is 6.42 Å². The number of fused-ring (bicyclic) bond motifs is 1. The van der Waals surface area contributed by atoms with Crippen molar-refractivity contribution in [2.24, 2.45) is 0 Å². The van der Waals surface area contributed by atoms with E-state index in [1.807, 2.05) is 20.8 Å². The molecule has 0 spiro atoms. The van der Waals surface area contributed by atoms with Crippen LogP contribution in [0.5, 0.6) is 0 Å². The van der Waals surface area contributed by atoms with Crippen LogP contribution in [0.4, 0.5) is 0 Å². The maximum absolute atomic E-state index is 12.8. The predicted molar refractivity (Wildman–Crippen MR) is 80.5 cm³/mol. The number of esters is 1. The second-order valence-electron chi connectivity index (χ2n) is 5.12. The molecule has 118 valence electrons. The molecule has 0 radical (unpaired) electrons. The SMILES string of the molecule is CCC(C)N(CC(=O)OC)C(=O)c1cnc2ccnn2c1C. The van der Waals surface area contributed by atoms with Gasteiger partial charge in [0.05, 0.1) is 24.6 Å². The Morgan fingerprint density at radius 3 is 2.82 bits per heavy atom. The predicted octanol–water partition coefficient (Wildman–Crippen LogP) is 1.45. The summed E-state index contributed by atoms with van der Waals surface area (Å²) in [4.78, 5) is 30.1. The number of nitrogens with zero attached hydrogens (tertiary/aromatic N) is 4. The maximum Gasteiger partial charge on any atom is 0.325 e. The van der Waals surface area contributed by atoms with Gasteiger partial charge in [-0.3, -0.25) is 9.59 Å². The largest absolute Gasteiger partial charge is 0.468 e. The molecule has 1 amide bonds. The quantitative estimate of drug-likeness (QED) is 0.781. The minimum absolute atomic E-state index is 0.0824. The summed E-state index contributed by atoms with van der Waals surface area (Å²) >= 11 is 0. The van der Waals surface area contributed by atoms with Gasteiger partial charge in [-0.05, 0) is 20.3 Å². The van der Waals surface area contributed by atoms with Crippen molar-refractivity contribution in [2.75, 3.05) is 13.7 Å². The van der Waals surface area contributed by atoms with Crippen LogP contribution in [-0.4, -0.2) is 51.1 Å². The zero-order valence-corrected chi connectivity index (χ0v) is 13.2. The van der Waals surface area contributed by atoms with Crippen LogP contribution in [-0.2, 0) is 9.53 Å². The minimum atomic E-state index is -0.445. The fourth-order valence-electron chi connectivity index (χ4n) is 2.21. The lowest BCUT2D eigenvalue weighted by Crippen LogP contribution is -2.42. The molecule has 0 saturated carbocycles. The van der Waals surface area contributed by atoms with E-state index in [4.69, 9.17) is 0 Å². The highest BCUT2D eigenvalue weighted by molar-refractivity contribution is 5.97. The Labute approximate surface area is 128 Å². The van der Waals surface area contributed by atoms with Crippen molar-refractivity contribution >= 4 is 17.5 Å². The van der Waals surface area contributed by atoms with Crippen molar-refractivity contribution in [1.82, 2.24) is 19.5 Å². The molecule has 0 saturated heterocycles. The number of aryl methyl sites for hydroxylation is 1. The Morgan fingerprint density at radius 2 is 2.18 bits per heavy atom. The van der Waals surface area contributed by atoms with Crippen LogP contribution in [0.15, 0.2) is 18.5 Å². The van der Waals surface area contributed by atoms with Crippen LogP contribution in [0.2, 0.25) is 0 Å². The van der Waals surface area contributed by atoms with Gasteiger partial charge in [-0.1, -0.05) is 6.92 Å². The molecule has 22 heavy (non-hydrogen) atoms. The number of aromatic nitrogens is 3. The van der Waals surface area contributed by atoms with Crippen molar-refractivity contribution < 1.29 is 14.3 Å². The van der Waals surface area contributed by atoms with Crippen LogP contribution in [0.3, 0.4) is 0 Å². The van der Waals surface area contributed by atoms with Gasteiger partial charge in [0.25, 0.3) is 5.91 Å². The Morgan fingerprint density at radius 1 is 1.45 bits per heavy atom. The average molecular weight is 304 g/mol. The topological polar surface area (TPSA) is 76.8 Å². The third-order valence-electron chi connectivity index (χ3n) is 3.80. The summed E-state index contributed by atoms with van der Waals surface area (Å²) in [6.07, 6.45) is 3.89. The lowest BCUT2D eigenvalue weighted by Gasteiger charge is -2.27. The molecule has 0 aliphatic rings. The Hall–Kier alpha value is -2.44. The van der Waals surface area contributed by atoms with Crippen molar-refractivity contribution in [2.45, 2.75) is 33.2 Å². The molecule has 0 fully saturated rings. The second kappa shape index (κ2) is 6.55. The molecule has 2 heterocycles. The molecule has 2 rings (SSSR count). The Kier molecular flexibility index (Phi) is 4.75. The first-order valence-corrected chi connectivity index (χ1v) is 7.16. The number of amides is 1. The number of carbonyl (C=O) groups excluding carboxylic acids is 2. The molecule has 2 aromatic heterocycles. The Bertz CT molecular complexity index is 695. The summed E-state index contributed by atoms with van der Waals surface area (Å²) < 4.78 is 6.29. The summed E-state index contributed by atoms with van der Waals surface area (Å²) in [5, 5.41) is 4.15. The summed E-state index contributed by atoms with van der Waals surface area (Å²) in [5.41, 5.74) is 1.80. The lowest BCUT2D eigenvalue weighted by molar-refractivity contribution is -0.141. The Balaban J connectivity index is 2.39. The van der Waals surface area contributed by atoms with Crippen LogP contribution in [0, 0.1) is 6.92 Å². The molecule has 7 nitrogen and oxygen atoms in total. The number of hydrogen-bond acceptors (Lipinski definition) is 5. The fraction of sp³-hybridized carbons (Fsp3) is 0.467. The summed E-state index contributed by atoms with van der Waals surface area (Å²) in [7, 11) is 1.31. The molecule has 1 unspecified atom stereocenters. The molecule has 0 aliphatic carbocycles. The number of carbonyl (C=O) groups is 2. The molecular formula is C15H20N4O3. The molecule has 0 bridgehead atoms.